The van der Waals surface area contributed by atoms with Crippen molar-refractivity contribution in [2.24, 2.45) is 0 Å². The van der Waals surface area contributed by atoms with Gasteiger partial charge in [0.15, 0.2) is 0 Å². The Kier molecular flexibility index (Phi) is 10.1. The summed E-state index contributed by atoms with van der Waals surface area (Å²) in [6, 6.07) is 26.3. The second-order valence-corrected chi connectivity index (χ2v) is 10.5. The molecule has 0 saturated heterocycles. The minimum atomic E-state index is -0.672. The van der Waals surface area contributed by atoms with Crippen LogP contribution in [0.2, 0.25) is 5.02 Å². The van der Waals surface area contributed by atoms with Crippen molar-refractivity contribution < 1.29 is 19.3 Å². The Morgan fingerprint density at radius 3 is 2.31 bits per heavy atom. The van der Waals surface area contributed by atoms with Crippen LogP contribution in [-0.2, 0) is 9.59 Å². The van der Waals surface area contributed by atoms with Crippen LogP contribution in [0.4, 0.5) is 17.1 Å². The number of hydrogen-bond acceptors (Lipinski definition) is 6. The van der Waals surface area contributed by atoms with Gasteiger partial charge < -0.3 is 16.0 Å². The fourth-order valence-electron chi connectivity index (χ4n) is 3.77. The number of carbonyl (C=O) groups is 3. The van der Waals surface area contributed by atoms with Gasteiger partial charge >= 0.3 is 0 Å². The summed E-state index contributed by atoms with van der Waals surface area (Å²) in [6.07, 6.45) is 1.26. The van der Waals surface area contributed by atoms with Crippen LogP contribution < -0.4 is 16.0 Å². The summed E-state index contributed by atoms with van der Waals surface area (Å²) in [5, 5.41) is 20.2. The summed E-state index contributed by atoms with van der Waals surface area (Å²) in [5.41, 5.74) is 2.04. The number of nitro groups is 1. The van der Waals surface area contributed by atoms with Crippen molar-refractivity contribution in [2.45, 2.75) is 11.8 Å². The van der Waals surface area contributed by atoms with E-state index in [1.807, 2.05) is 13.0 Å². The van der Waals surface area contributed by atoms with E-state index in [9.17, 15) is 24.5 Å². The Bertz CT molecular complexity index is 1660. The van der Waals surface area contributed by atoms with Crippen molar-refractivity contribution in [2.75, 3.05) is 16.4 Å². The predicted octanol–water partition coefficient (Wildman–Crippen LogP) is 6.70. The van der Waals surface area contributed by atoms with E-state index in [1.54, 1.807) is 72.8 Å². The van der Waals surface area contributed by atoms with Gasteiger partial charge in [-0.2, -0.15) is 0 Å². The lowest BCUT2D eigenvalue weighted by Crippen LogP contribution is -2.30. The third kappa shape index (κ3) is 8.29. The van der Waals surface area contributed by atoms with Crippen molar-refractivity contribution in [3.05, 3.63) is 135 Å². The summed E-state index contributed by atoms with van der Waals surface area (Å²) < 4.78 is 0. The van der Waals surface area contributed by atoms with Crippen LogP contribution in [0.25, 0.3) is 6.08 Å². The van der Waals surface area contributed by atoms with Gasteiger partial charge in [-0.05, 0) is 73.2 Å². The normalized spacial score (nSPS) is 11.0. The minimum Gasteiger partial charge on any atom is -0.325 e. The number of para-hydroxylation sites is 1. The lowest BCUT2D eigenvalue weighted by Gasteiger charge is -2.12. The van der Waals surface area contributed by atoms with E-state index in [0.717, 1.165) is 10.5 Å². The first kappa shape index (κ1) is 30.0. The third-order valence-electron chi connectivity index (χ3n) is 5.92. The number of nitrogens with one attached hydrogen (secondary N) is 3. The maximum atomic E-state index is 13.3. The number of halogens is 1. The second-order valence-electron chi connectivity index (χ2n) is 8.97. The number of nitrogens with zero attached hydrogens (tertiary/aromatic N) is 1. The molecule has 42 heavy (non-hydrogen) atoms. The van der Waals surface area contributed by atoms with Crippen LogP contribution in [0.5, 0.6) is 0 Å². The topological polar surface area (TPSA) is 130 Å². The monoisotopic (exact) mass is 600 g/mol. The van der Waals surface area contributed by atoms with Crippen LogP contribution in [0.1, 0.15) is 21.5 Å². The first-order valence-corrected chi connectivity index (χ1v) is 14.0. The van der Waals surface area contributed by atoms with Crippen LogP contribution in [0.15, 0.2) is 108 Å². The largest absolute Gasteiger partial charge is 0.325 e. The number of rotatable bonds is 10. The Morgan fingerprint density at radius 1 is 0.905 bits per heavy atom. The third-order valence-corrected chi connectivity index (χ3v) is 7.17. The summed E-state index contributed by atoms with van der Waals surface area (Å²) in [4.78, 5) is 50.3. The van der Waals surface area contributed by atoms with Gasteiger partial charge in [0.25, 0.3) is 17.5 Å². The highest BCUT2D eigenvalue weighted by atomic mass is 35.5. The van der Waals surface area contributed by atoms with E-state index in [4.69, 9.17) is 11.6 Å². The molecule has 11 heteroatoms. The molecule has 0 heterocycles. The zero-order valence-electron chi connectivity index (χ0n) is 22.3. The molecule has 4 aromatic carbocycles. The highest BCUT2D eigenvalue weighted by molar-refractivity contribution is 8.00. The molecule has 4 rings (SSSR count). The van der Waals surface area contributed by atoms with Gasteiger partial charge in [0.2, 0.25) is 5.91 Å². The molecule has 212 valence electrons. The number of thioether (sulfide) groups is 1. The molecule has 0 aromatic heterocycles. The van der Waals surface area contributed by atoms with Gasteiger partial charge in [-0.1, -0.05) is 48.0 Å². The van der Waals surface area contributed by atoms with Crippen molar-refractivity contribution in [3.63, 3.8) is 0 Å². The van der Waals surface area contributed by atoms with Gasteiger partial charge in [-0.25, -0.2) is 0 Å². The molecule has 9 nitrogen and oxygen atoms in total. The summed E-state index contributed by atoms with van der Waals surface area (Å²) in [7, 11) is 0. The highest BCUT2D eigenvalue weighted by Crippen LogP contribution is 2.24. The fourth-order valence-corrected chi connectivity index (χ4v) is 4.64. The molecule has 4 aromatic rings. The zero-order chi connectivity index (χ0) is 30.1. The zero-order valence-corrected chi connectivity index (χ0v) is 23.9. The number of hydrogen-bond donors (Lipinski definition) is 3. The van der Waals surface area contributed by atoms with E-state index in [0.29, 0.717) is 22.0 Å². The number of amides is 3. The Labute approximate surface area is 251 Å². The molecule has 3 amide bonds. The number of aryl methyl sites for hydroxylation is 1. The van der Waals surface area contributed by atoms with Crippen LogP contribution in [0, 0.1) is 17.0 Å². The van der Waals surface area contributed by atoms with Crippen molar-refractivity contribution in [1.29, 1.82) is 0 Å². The van der Waals surface area contributed by atoms with Crippen LogP contribution in [-0.4, -0.2) is 28.4 Å². The molecule has 0 aliphatic rings. The molecule has 0 radical (unpaired) electrons. The van der Waals surface area contributed by atoms with Gasteiger partial charge in [0.1, 0.15) is 5.70 Å². The lowest BCUT2D eigenvalue weighted by molar-refractivity contribution is -0.385. The summed E-state index contributed by atoms with van der Waals surface area (Å²) in [6.45, 7) is 1.88. The number of benzene rings is 4. The molecule has 0 bridgehead atoms. The van der Waals surface area contributed by atoms with E-state index in [2.05, 4.69) is 16.0 Å². The molecule has 0 aliphatic carbocycles. The van der Waals surface area contributed by atoms with Gasteiger partial charge in [-0.15, -0.1) is 11.8 Å². The minimum absolute atomic E-state index is 0.152. The molecule has 3 N–H and O–H groups in total. The Hall–Kier alpha value is -4.93. The highest BCUT2D eigenvalue weighted by Gasteiger charge is 2.18. The quantitative estimate of drug-likeness (QED) is 0.0804. The molecular formula is C31H25ClN4O5S. The maximum absolute atomic E-state index is 13.3. The molecule has 0 spiro atoms. The summed E-state index contributed by atoms with van der Waals surface area (Å²) in [5.74, 6) is -1.25. The smallest absolute Gasteiger partial charge is 0.276 e. The van der Waals surface area contributed by atoms with Crippen LogP contribution >= 0.6 is 23.4 Å². The van der Waals surface area contributed by atoms with Crippen LogP contribution in [0.3, 0.4) is 0 Å². The standard InChI is InChI=1S/C31H25ClN4O5S/c1-20-11-12-23(32)18-26(20)34-29(37)19-42-25-15-13-24(14-16-25)33-31(39)27(35-30(38)21-7-3-2-4-8-21)17-22-9-5-6-10-28(22)36(40)41/h2-18H,19H2,1H3,(H,33,39)(H,34,37)(H,35,38)/b27-17-. The molecule has 0 atom stereocenters. The Balaban J connectivity index is 1.45. The molecular weight excluding hydrogens is 576 g/mol. The van der Waals surface area contributed by atoms with Crippen molar-refractivity contribution in [3.8, 4) is 0 Å². The number of anilines is 2. The fraction of sp³-hybridized carbons (Fsp3) is 0.0645. The molecule has 0 aliphatic heterocycles. The van der Waals surface area contributed by atoms with Gasteiger partial charge in [-0.3, -0.25) is 24.5 Å². The van der Waals surface area contributed by atoms with Gasteiger partial charge in [0, 0.05) is 32.9 Å². The average Bonchev–Trinajstić information content (AvgIpc) is 2.99. The summed E-state index contributed by atoms with van der Waals surface area (Å²) >= 11 is 7.33. The van der Waals surface area contributed by atoms with E-state index >= 15 is 0 Å². The first-order valence-electron chi connectivity index (χ1n) is 12.6. The van der Waals surface area contributed by atoms with E-state index < -0.39 is 16.7 Å². The first-order chi connectivity index (χ1) is 20.2. The maximum Gasteiger partial charge on any atom is 0.276 e. The van der Waals surface area contributed by atoms with E-state index in [-0.39, 0.29) is 28.6 Å². The molecule has 0 unspecified atom stereocenters. The number of nitro benzene ring substituents is 1. The van der Waals surface area contributed by atoms with Crippen molar-refractivity contribution >= 4 is 64.2 Å². The second kappa shape index (κ2) is 14.1. The SMILES string of the molecule is Cc1ccc(Cl)cc1NC(=O)CSc1ccc(NC(=O)/C(=C/c2ccccc2[N+](=O)[O-])NC(=O)c2ccccc2)cc1. The lowest BCUT2D eigenvalue weighted by atomic mass is 10.1. The Morgan fingerprint density at radius 2 is 1.60 bits per heavy atom. The van der Waals surface area contributed by atoms with E-state index in [1.165, 1.54) is 36.0 Å². The number of carbonyl (C=O) groups excluding carboxylic acids is 3. The van der Waals surface area contributed by atoms with Gasteiger partial charge in [0.05, 0.1) is 16.2 Å². The predicted molar refractivity (Wildman–Crippen MR) is 166 cm³/mol. The van der Waals surface area contributed by atoms with Crippen molar-refractivity contribution in [1.82, 2.24) is 5.32 Å². The molecule has 0 saturated carbocycles. The average molecular weight is 601 g/mol. The molecule has 0 fully saturated rings.